The number of nitrogens with one attached hydrogen (secondary N) is 1. The Kier molecular flexibility index (Phi) is 12.1. The predicted octanol–water partition coefficient (Wildman–Crippen LogP) is 5.71. The molecule has 0 aliphatic rings. The summed E-state index contributed by atoms with van der Waals surface area (Å²) in [6, 6.07) is 19.8. The molecule has 0 aliphatic carbocycles. The molecule has 8 nitrogen and oxygen atoms in total. The van der Waals surface area contributed by atoms with Gasteiger partial charge in [-0.15, -0.1) is 11.8 Å². The van der Waals surface area contributed by atoms with Crippen LogP contribution in [0.25, 0.3) is 0 Å². The highest BCUT2D eigenvalue weighted by Crippen LogP contribution is 2.33. The number of anilines is 1. The van der Waals surface area contributed by atoms with Crippen LogP contribution < -0.4 is 14.4 Å². The molecule has 0 bridgehead atoms. The molecule has 0 fully saturated rings. The predicted molar refractivity (Wildman–Crippen MR) is 168 cm³/mol. The summed E-state index contributed by atoms with van der Waals surface area (Å²) in [5.41, 5.74) is 1.04. The van der Waals surface area contributed by atoms with Crippen LogP contribution in [0.1, 0.15) is 32.8 Å². The highest BCUT2D eigenvalue weighted by molar-refractivity contribution is 9.10. The summed E-state index contributed by atoms with van der Waals surface area (Å²) in [7, 11) is -4.20. The molecule has 0 spiro atoms. The first kappa shape index (κ1) is 32.5. The van der Waals surface area contributed by atoms with Crippen LogP contribution in [0.15, 0.2) is 87.1 Å². The summed E-state index contributed by atoms with van der Waals surface area (Å²) in [6.07, 6.45) is 2.65. The number of ether oxygens (including phenoxy) is 1. The Bertz CT molecular complexity index is 1420. The highest BCUT2D eigenvalue weighted by Gasteiger charge is 2.33. The maximum Gasteiger partial charge on any atom is 0.264 e. The van der Waals surface area contributed by atoms with E-state index in [1.165, 1.54) is 28.8 Å². The normalized spacial score (nSPS) is 11.9. The molecule has 1 N–H and O–H groups in total. The zero-order valence-corrected chi connectivity index (χ0v) is 26.9. The van der Waals surface area contributed by atoms with Gasteiger partial charge in [0.15, 0.2) is 0 Å². The van der Waals surface area contributed by atoms with Crippen LogP contribution in [-0.2, 0) is 26.2 Å². The van der Waals surface area contributed by atoms with Gasteiger partial charge in [0, 0.05) is 22.5 Å². The van der Waals surface area contributed by atoms with Crippen LogP contribution in [0, 0.1) is 0 Å². The summed E-state index contributed by atoms with van der Waals surface area (Å²) in [5.74, 6) is -0.503. The smallest absolute Gasteiger partial charge is 0.264 e. The molecule has 0 heterocycles. The third-order valence-corrected chi connectivity index (χ3v) is 9.39. The van der Waals surface area contributed by atoms with Gasteiger partial charge in [-0.05, 0) is 80.6 Å². The van der Waals surface area contributed by atoms with Gasteiger partial charge in [-0.2, -0.15) is 0 Å². The number of hydrogen-bond acceptors (Lipinski definition) is 6. The van der Waals surface area contributed by atoms with Gasteiger partial charge in [0.05, 0.1) is 17.2 Å². The monoisotopic (exact) mass is 661 g/mol. The number of hydrogen-bond donors (Lipinski definition) is 1. The van der Waals surface area contributed by atoms with Gasteiger partial charge in [0.2, 0.25) is 11.8 Å². The molecule has 1 atom stereocenters. The van der Waals surface area contributed by atoms with Crippen LogP contribution >= 0.6 is 27.7 Å². The van der Waals surface area contributed by atoms with Crippen molar-refractivity contribution in [2.75, 3.05) is 30.3 Å². The number of thioether (sulfide) groups is 1. The molecule has 1 unspecified atom stereocenters. The third kappa shape index (κ3) is 8.50. The quantitative estimate of drug-likeness (QED) is 0.223. The van der Waals surface area contributed by atoms with E-state index in [9.17, 15) is 18.0 Å². The second-order valence-electron chi connectivity index (χ2n) is 9.20. The molecule has 220 valence electrons. The Hall–Kier alpha value is -3.02. The molecule has 0 aliphatic heterocycles. The Morgan fingerprint density at radius 3 is 2.27 bits per heavy atom. The lowest BCUT2D eigenvalue weighted by Gasteiger charge is -2.32. The number of sulfonamides is 1. The lowest BCUT2D eigenvalue weighted by Crippen LogP contribution is -2.51. The molecule has 3 rings (SSSR count). The van der Waals surface area contributed by atoms with Crippen molar-refractivity contribution in [2.24, 2.45) is 0 Å². The fraction of sp³-hybridized carbons (Fsp3) is 0.333. The number of halogens is 1. The zero-order valence-electron chi connectivity index (χ0n) is 23.7. The van der Waals surface area contributed by atoms with E-state index in [1.807, 2.05) is 37.4 Å². The summed E-state index contributed by atoms with van der Waals surface area (Å²) < 4.78 is 35.9. The minimum atomic E-state index is -4.20. The molecule has 3 aromatic carbocycles. The van der Waals surface area contributed by atoms with E-state index in [-0.39, 0.29) is 23.0 Å². The average molecular weight is 663 g/mol. The summed E-state index contributed by atoms with van der Waals surface area (Å²) >= 11 is 4.92. The van der Waals surface area contributed by atoms with E-state index in [0.29, 0.717) is 18.9 Å². The first-order chi connectivity index (χ1) is 19.6. The van der Waals surface area contributed by atoms with Crippen LogP contribution in [0.4, 0.5) is 5.69 Å². The summed E-state index contributed by atoms with van der Waals surface area (Å²) in [4.78, 5) is 29.4. The van der Waals surface area contributed by atoms with E-state index in [0.717, 1.165) is 25.7 Å². The van der Waals surface area contributed by atoms with E-state index in [4.69, 9.17) is 4.74 Å². The Labute approximate surface area is 255 Å². The van der Waals surface area contributed by atoms with Crippen molar-refractivity contribution in [1.29, 1.82) is 0 Å². The molecular formula is C30H36BrN3O5S2. The number of benzene rings is 3. The topological polar surface area (TPSA) is 96.0 Å². The Morgan fingerprint density at radius 1 is 1.00 bits per heavy atom. The molecule has 0 radical (unpaired) electrons. The van der Waals surface area contributed by atoms with Gasteiger partial charge in [0.25, 0.3) is 10.0 Å². The highest BCUT2D eigenvalue weighted by atomic mass is 79.9. The van der Waals surface area contributed by atoms with Gasteiger partial charge >= 0.3 is 0 Å². The van der Waals surface area contributed by atoms with Crippen molar-refractivity contribution in [3.63, 3.8) is 0 Å². The maximum atomic E-state index is 14.1. The van der Waals surface area contributed by atoms with Gasteiger partial charge in [0.1, 0.15) is 18.3 Å². The van der Waals surface area contributed by atoms with Crippen molar-refractivity contribution >= 4 is 55.2 Å². The maximum absolute atomic E-state index is 14.1. The van der Waals surface area contributed by atoms with Crippen molar-refractivity contribution in [2.45, 2.75) is 49.6 Å². The SMILES string of the molecule is CCCNC(=O)C(C)N(Cc1ccc(Br)cc1)C(=O)CN(c1ccccc1OCC)S(=O)(=O)c1ccc(SC)cc1. The van der Waals surface area contributed by atoms with Gasteiger partial charge in [-0.1, -0.05) is 47.1 Å². The van der Waals surface area contributed by atoms with Gasteiger partial charge in [-0.3, -0.25) is 13.9 Å². The second kappa shape index (κ2) is 15.3. The molecule has 0 aromatic heterocycles. The zero-order chi connectivity index (χ0) is 30.0. The van der Waals surface area contributed by atoms with Crippen LogP contribution in [0.5, 0.6) is 5.75 Å². The minimum absolute atomic E-state index is 0.0441. The van der Waals surface area contributed by atoms with E-state index >= 15 is 0 Å². The number of para-hydroxylation sites is 2. The fourth-order valence-corrected chi connectivity index (χ4v) is 6.19. The van der Waals surface area contributed by atoms with Crippen molar-refractivity contribution in [1.82, 2.24) is 10.2 Å². The van der Waals surface area contributed by atoms with Gasteiger partial charge in [-0.25, -0.2) is 8.42 Å². The van der Waals surface area contributed by atoms with Crippen LogP contribution in [0.2, 0.25) is 0 Å². The average Bonchev–Trinajstić information content (AvgIpc) is 2.98. The van der Waals surface area contributed by atoms with Crippen molar-refractivity contribution < 1.29 is 22.7 Å². The van der Waals surface area contributed by atoms with E-state index in [1.54, 1.807) is 50.2 Å². The van der Waals surface area contributed by atoms with Crippen LogP contribution in [0.3, 0.4) is 0 Å². The third-order valence-electron chi connectivity index (χ3n) is 6.34. The second-order valence-corrected chi connectivity index (χ2v) is 12.9. The first-order valence-electron chi connectivity index (χ1n) is 13.3. The molecular weight excluding hydrogens is 626 g/mol. The fourth-order valence-electron chi connectivity index (χ4n) is 4.09. The van der Waals surface area contributed by atoms with Crippen LogP contribution in [-0.4, -0.2) is 57.1 Å². The Morgan fingerprint density at radius 2 is 1.66 bits per heavy atom. The van der Waals surface area contributed by atoms with E-state index in [2.05, 4.69) is 21.2 Å². The summed E-state index contributed by atoms with van der Waals surface area (Å²) in [5, 5.41) is 2.85. The first-order valence-corrected chi connectivity index (χ1v) is 16.8. The molecule has 2 amide bonds. The molecule has 11 heteroatoms. The lowest BCUT2D eigenvalue weighted by atomic mass is 10.1. The number of rotatable bonds is 14. The van der Waals surface area contributed by atoms with Gasteiger partial charge < -0.3 is 15.0 Å². The number of carbonyl (C=O) groups is 2. The summed E-state index contributed by atoms with van der Waals surface area (Å²) in [6.45, 7) is 5.77. The Balaban J connectivity index is 2.07. The molecule has 41 heavy (non-hydrogen) atoms. The number of carbonyl (C=O) groups excluding carboxylic acids is 2. The lowest BCUT2D eigenvalue weighted by molar-refractivity contribution is -0.139. The molecule has 3 aromatic rings. The largest absolute Gasteiger partial charge is 0.492 e. The van der Waals surface area contributed by atoms with Crippen molar-refractivity contribution in [3.05, 3.63) is 82.8 Å². The van der Waals surface area contributed by atoms with Crippen molar-refractivity contribution in [3.8, 4) is 5.75 Å². The number of amides is 2. The molecule has 0 saturated carbocycles. The number of nitrogens with zero attached hydrogens (tertiary/aromatic N) is 2. The molecule has 0 saturated heterocycles. The minimum Gasteiger partial charge on any atom is -0.492 e. The standard InChI is InChI=1S/C30H36BrN3O5S2/c1-5-19-32-30(36)22(3)33(20-23-11-13-24(31)14-12-23)29(35)21-34(27-9-7-8-10-28(27)39-6-2)41(37,38)26-17-15-25(40-4)16-18-26/h7-18,22H,5-6,19-21H2,1-4H3,(H,32,36). The van der Waals surface area contributed by atoms with E-state index < -0.39 is 28.5 Å².